The molecule has 2 heterocycles. The Hall–Kier alpha value is -2.80. The van der Waals surface area contributed by atoms with Crippen LogP contribution in [0.4, 0.5) is 0 Å². The van der Waals surface area contributed by atoms with Gasteiger partial charge in [-0.2, -0.15) is 0 Å². The number of Topliss-reactive ketones (excluding diaryl/α,β-unsaturated/α-hetero) is 1. The lowest BCUT2D eigenvalue weighted by Gasteiger charge is -2.34. The molecule has 0 atom stereocenters. The van der Waals surface area contributed by atoms with Gasteiger partial charge in [0.25, 0.3) is 0 Å². The van der Waals surface area contributed by atoms with Crippen molar-refractivity contribution in [1.82, 2.24) is 14.8 Å². The fourth-order valence-corrected chi connectivity index (χ4v) is 3.73. The van der Waals surface area contributed by atoms with Crippen molar-refractivity contribution in [2.45, 2.75) is 20.3 Å². The van der Waals surface area contributed by atoms with E-state index in [1.54, 1.807) is 14.2 Å². The summed E-state index contributed by atoms with van der Waals surface area (Å²) in [5.41, 5.74) is 3.56. The van der Waals surface area contributed by atoms with Crippen molar-refractivity contribution in [2.24, 2.45) is 0 Å². The highest BCUT2D eigenvalue weighted by atomic mass is 16.5. The first-order valence-corrected chi connectivity index (χ1v) is 9.81. The third kappa shape index (κ3) is 4.98. The number of hydrogen-bond donors (Lipinski definition) is 1. The Kier molecular flexibility index (Phi) is 6.59. The first kappa shape index (κ1) is 20.9. The fourth-order valence-electron chi connectivity index (χ4n) is 3.73. The fraction of sp³-hybridized carbons (Fsp3) is 0.455. The molecule has 1 aromatic heterocycles. The lowest BCUT2D eigenvalue weighted by atomic mass is 10.1. The summed E-state index contributed by atoms with van der Waals surface area (Å²) in [6.07, 6.45) is 0.321. The van der Waals surface area contributed by atoms with Crippen molar-refractivity contribution in [3.63, 3.8) is 0 Å². The van der Waals surface area contributed by atoms with E-state index in [-0.39, 0.29) is 11.7 Å². The van der Waals surface area contributed by atoms with Crippen LogP contribution in [0, 0.1) is 13.8 Å². The number of amides is 1. The zero-order valence-electron chi connectivity index (χ0n) is 17.6. The van der Waals surface area contributed by atoms with E-state index in [0.717, 1.165) is 22.5 Å². The topological polar surface area (TPSA) is 74.9 Å². The number of aromatic nitrogens is 1. The van der Waals surface area contributed by atoms with Gasteiger partial charge in [0.1, 0.15) is 0 Å². The number of rotatable bonds is 7. The molecule has 1 amide bonds. The Morgan fingerprint density at radius 2 is 1.69 bits per heavy atom. The summed E-state index contributed by atoms with van der Waals surface area (Å²) in [4.78, 5) is 32.4. The Bertz CT molecular complexity index is 882. The van der Waals surface area contributed by atoms with Crippen LogP contribution in [0.15, 0.2) is 24.3 Å². The predicted molar refractivity (Wildman–Crippen MR) is 111 cm³/mol. The highest BCUT2D eigenvalue weighted by Crippen LogP contribution is 2.28. The van der Waals surface area contributed by atoms with E-state index in [2.05, 4.69) is 9.88 Å². The third-order valence-electron chi connectivity index (χ3n) is 5.35. The molecule has 0 radical (unpaired) electrons. The van der Waals surface area contributed by atoms with Crippen LogP contribution in [0.2, 0.25) is 0 Å². The Morgan fingerprint density at radius 1 is 1.00 bits per heavy atom. The molecule has 7 nitrogen and oxygen atoms in total. The van der Waals surface area contributed by atoms with Gasteiger partial charge in [0, 0.05) is 43.1 Å². The Morgan fingerprint density at radius 3 is 2.28 bits per heavy atom. The van der Waals surface area contributed by atoms with E-state index in [0.29, 0.717) is 50.6 Å². The number of ether oxygens (including phenoxy) is 2. The molecule has 0 saturated carbocycles. The van der Waals surface area contributed by atoms with Crippen LogP contribution < -0.4 is 9.47 Å². The van der Waals surface area contributed by atoms with Crippen LogP contribution >= 0.6 is 0 Å². The average Bonchev–Trinajstić information content (AvgIpc) is 3.06. The average molecular weight is 399 g/mol. The van der Waals surface area contributed by atoms with Gasteiger partial charge in [0.15, 0.2) is 17.3 Å². The van der Waals surface area contributed by atoms with Gasteiger partial charge in [-0.1, -0.05) is 6.07 Å². The van der Waals surface area contributed by atoms with Crippen LogP contribution in [0.25, 0.3) is 0 Å². The second-order valence-electron chi connectivity index (χ2n) is 7.44. The molecular formula is C22H29N3O4. The molecule has 1 aliphatic rings. The monoisotopic (exact) mass is 399 g/mol. The molecule has 0 unspecified atom stereocenters. The van der Waals surface area contributed by atoms with Crippen molar-refractivity contribution in [2.75, 3.05) is 46.9 Å². The molecule has 1 N–H and O–H groups in total. The first-order chi connectivity index (χ1) is 13.9. The number of benzene rings is 1. The summed E-state index contributed by atoms with van der Waals surface area (Å²) in [5.74, 6) is 1.48. The smallest absolute Gasteiger partial charge is 0.227 e. The molecule has 1 aliphatic heterocycles. The maximum Gasteiger partial charge on any atom is 0.227 e. The number of nitrogens with zero attached hydrogens (tertiary/aromatic N) is 2. The summed E-state index contributed by atoms with van der Waals surface area (Å²) < 4.78 is 10.6. The zero-order valence-corrected chi connectivity index (χ0v) is 17.6. The number of aromatic amines is 1. The van der Waals surface area contributed by atoms with Crippen LogP contribution in [0.3, 0.4) is 0 Å². The number of carbonyl (C=O) groups is 2. The van der Waals surface area contributed by atoms with Crippen LogP contribution in [0.5, 0.6) is 11.5 Å². The minimum Gasteiger partial charge on any atom is -0.493 e. The van der Waals surface area contributed by atoms with Crippen LogP contribution in [0.1, 0.15) is 27.3 Å². The molecule has 1 aromatic carbocycles. The highest BCUT2D eigenvalue weighted by Gasteiger charge is 2.24. The Balaban J connectivity index is 1.52. The van der Waals surface area contributed by atoms with Gasteiger partial charge in [-0.15, -0.1) is 0 Å². The van der Waals surface area contributed by atoms with Crippen molar-refractivity contribution in [1.29, 1.82) is 0 Å². The maximum absolute atomic E-state index is 12.7. The quantitative estimate of drug-likeness (QED) is 0.723. The number of ketones is 1. The standard InChI is InChI=1S/C22H29N3O4/c1-15-11-18(16(2)23-15)19(26)14-24-7-9-25(10-8-24)22(27)13-17-5-6-20(28-3)21(12-17)29-4/h5-6,11-12,23H,7-10,13-14H2,1-4H3. The summed E-state index contributed by atoms with van der Waals surface area (Å²) >= 11 is 0. The van der Waals surface area contributed by atoms with Gasteiger partial charge in [-0.25, -0.2) is 0 Å². The minimum absolute atomic E-state index is 0.0836. The van der Waals surface area contributed by atoms with Gasteiger partial charge >= 0.3 is 0 Å². The molecular weight excluding hydrogens is 370 g/mol. The largest absolute Gasteiger partial charge is 0.493 e. The van der Waals surface area contributed by atoms with Crippen molar-refractivity contribution in [3.8, 4) is 11.5 Å². The number of nitrogens with one attached hydrogen (secondary N) is 1. The molecule has 156 valence electrons. The van der Waals surface area contributed by atoms with Gasteiger partial charge in [0.2, 0.25) is 5.91 Å². The lowest BCUT2D eigenvalue weighted by Crippen LogP contribution is -2.50. The number of piperazine rings is 1. The highest BCUT2D eigenvalue weighted by molar-refractivity contribution is 5.98. The van der Waals surface area contributed by atoms with E-state index in [4.69, 9.17) is 9.47 Å². The van der Waals surface area contributed by atoms with Crippen molar-refractivity contribution in [3.05, 3.63) is 46.8 Å². The zero-order chi connectivity index (χ0) is 21.0. The Labute approximate surface area is 171 Å². The third-order valence-corrected chi connectivity index (χ3v) is 5.35. The molecule has 3 rings (SSSR count). The number of carbonyl (C=O) groups excluding carboxylic acids is 2. The van der Waals surface area contributed by atoms with E-state index >= 15 is 0 Å². The van der Waals surface area contributed by atoms with Crippen molar-refractivity contribution < 1.29 is 19.1 Å². The second kappa shape index (κ2) is 9.13. The number of methoxy groups -OCH3 is 2. The molecule has 0 aliphatic carbocycles. The first-order valence-electron chi connectivity index (χ1n) is 9.81. The summed E-state index contributed by atoms with van der Waals surface area (Å²) in [5, 5.41) is 0. The van der Waals surface area contributed by atoms with E-state index < -0.39 is 0 Å². The number of H-pyrrole nitrogens is 1. The van der Waals surface area contributed by atoms with Gasteiger partial charge in [-0.05, 0) is 37.6 Å². The van der Waals surface area contributed by atoms with E-state index in [9.17, 15) is 9.59 Å². The lowest BCUT2D eigenvalue weighted by molar-refractivity contribution is -0.132. The van der Waals surface area contributed by atoms with Gasteiger partial charge < -0.3 is 19.4 Å². The van der Waals surface area contributed by atoms with E-state index in [1.165, 1.54) is 0 Å². The normalized spacial score (nSPS) is 14.7. The van der Waals surface area contributed by atoms with Crippen LogP contribution in [-0.4, -0.2) is 73.4 Å². The van der Waals surface area contributed by atoms with E-state index in [1.807, 2.05) is 43.0 Å². The molecule has 0 spiro atoms. The summed E-state index contributed by atoms with van der Waals surface area (Å²) in [6, 6.07) is 7.44. The number of aryl methyl sites for hydroxylation is 2. The van der Waals surface area contributed by atoms with Gasteiger partial charge in [-0.3, -0.25) is 14.5 Å². The van der Waals surface area contributed by atoms with Gasteiger partial charge in [0.05, 0.1) is 27.2 Å². The minimum atomic E-state index is 0.0836. The molecule has 2 aromatic rings. The maximum atomic E-state index is 12.7. The van der Waals surface area contributed by atoms with Crippen molar-refractivity contribution >= 4 is 11.7 Å². The molecule has 29 heavy (non-hydrogen) atoms. The second-order valence-corrected chi connectivity index (χ2v) is 7.44. The predicted octanol–water partition coefficient (Wildman–Crippen LogP) is 2.22. The number of hydrogen-bond acceptors (Lipinski definition) is 5. The SMILES string of the molecule is COc1ccc(CC(=O)N2CCN(CC(=O)c3cc(C)[nH]c3C)CC2)cc1OC. The summed E-state index contributed by atoms with van der Waals surface area (Å²) in [6.45, 7) is 6.92. The van der Waals surface area contributed by atoms with Crippen LogP contribution in [-0.2, 0) is 11.2 Å². The molecule has 7 heteroatoms. The summed E-state index contributed by atoms with van der Waals surface area (Å²) in [7, 11) is 3.17. The molecule has 1 fully saturated rings. The molecule has 0 bridgehead atoms. The molecule has 1 saturated heterocycles.